The van der Waals surface area contributed by atoms with E-state index in [1.807, 2.05) is 44.2 Å². The van der Waals surface area contributed by atoms with Gasteiger partial charge in [-0.2, -0.15) is 0 Å². The molecule has 1 nitrogen and oxygen atoms in total. The normalized spacial score (nSPS) is 12.5. The first kappa shape index (κ1) is 17.1. The number of allylic oxidation sites excluding steroid dienone is 5. The lowest BCUT2D eigenvalue weighted by Crippen LogP contribution is -2.14. The highest BCUT2D eigenvalue weighted by Crippen LogP contribution is 2.24. The Morgan fingerprint density at radius 1 is 1.21 bits per heavy atom. The zero-order valence-corrected chi connectivity index (χ0v) is 12.0. The van der Waals surface area contributed by atoms with Crippen LogP contribution in [0.15, 0.2) is 79.4 Å². The Morgan fingerprint density at radius 2 is 1.79 bits per heavy atom. The molecule has 0 aromatic heterocycles. The van der Waals surface area contributed by atoms with Gasteiger partial charge in [-0.25, -0.2) is 0 Å². The van der Waals surface area contributed by atoms with Gasteiger partial charge in [0.1, 0.15) is 0 Å². The van der Waals surface area contributed by atoms with Gasteiger partial charge in [-0.05, 0) is 25.0 Å². The van der Waals surface area contributed by atoms with Crippen LogP contribution < -0.4 is 5.73 Å². The van der Waals surface area contributed by atoms with Crippen LogP contribution in [0.3, 0.4) is 0 Å². The summed E-state index contributed by atoms with van der Waals surface area (Å²) in [5.74, 6) is 0.246. The summed E-state index contributed by atoms with van der Waals surface area (Å²) in [7, 11) is 0. The molecule has 1 heteroatoms. The van der Waals surface area contributed by atoms with E-state index in [2.05, 4.69) is 31.4 Å². The third-order valence-corrected chi connectivity index (χ3v) is 2.51. The number of nitrogens with two attached hydrogens (primary N) is 1. The second kappa shape index (κ2) is 11.2. The Morgan fingerprint density at radius 3 is 2.21 bits per heavy atom. The number of benzene rings is 1. The standard InChI is InChI=1S/C15H19N.C3H6/c1-3-8-13(9-4-2)15(12-16)14-10-6-5-7-11-14;1-3-2/h3-11,15H,1,12,16H2,2H3;3H,1H2,2H3/b9-4-,13-8+;. The van der Waals surface area contributed by atoms with E-state index in [0.29, 0.717) is 6.54 Å². The summed E-state index contributed by atoms with van der Waals surface area (Å²) in [6.07, 6.45) is 9.69. The maximum absolute atomic E-state index is 5.86. The fourth-order valence-corrected chi connectivity index (χ4v) is 1.77. The van der Waals surface area contributed by atoms with Crippen molar-refractivity contribution in [3.05, 3.63) is 85.0 Å². The smallest absolute Gasteiger partial charge is 0.0212 e. The molecule has 1 aromatic carbocycles. The van der Waals surface area contributed by atoms with E-state index >= 15 is 0 Å². The van der Waals surface area contributed by atoms with E-state index in [-0.39, 0.29) is 5.92 Å². The zero-order chi connectivity index (χ0) is 14.5. The zero-order valence-electron chi connectivity index (χ0n) is 12.0. The van der Waals surface area contributed by atoms with Crippen LogP contribution in [0.25, 0.3) is 0 Å². The van der Waals surface area contributed by atoms with Crippen LogP contribution in [0, 0.1) is 0 Å². The molecule has 0 fully saturated rings. The molecule has 1 atom stereocenters. The van der Waals surface area contributed by atoms with Gasteiger partial charge in [0.25, 0.3) is 0 Å². The van der Waals surface area contributed by atoms with Gasteiger partial charge in [0.15, 0.2) is 0 Å². The Balaban J connectivity index is 0.000000982. The average molecular weight is 255 g/mol. The monoisotopic (exact) mass is 255 g/mol. The average Bonchev–Trinajstić information content (AvgIpc) is 2.42. The molecule has 0 amide bonds. The van der Waals surface area contributed by atoms with Gasteiger partial charge < -0.3 is 5.73 Å². The van der Waals surface area contributed by atoms with Crippen LogP contribution in [-0.4, -0.2) is 6.54 Å². The Hall–Kier alpha value is -1.86. The molecule has 0 saturated heterocycles. The third kappa shape index (κ3) is 6.58. The second-order valence-electron chi connectivity index (χ2n) is 4.01. The topological polar surface area (TPSA) is 26.0 Å². The maximum Gasteiger partial charge on any atom is 0.0212 e. The molecule has 2 N–H and O–H groups in total. The summed E-state index contributed by atoms with van der Waals surface area (Å²) >= 11 is 0. The van der Waals surface area contributed by atoms with Crippen molar-refractivity contribution >= 4 is 0 Å². The minimum atomic E-state index is 0.246. The quantitative estimate of drug-likeness (QED) is 0.603. The first-order valence-electron chi connectivity index (χ1n) is 6.52. The molecule has 0 radical (unpaired) electrons. The SMILES string of the molecule is C=C/C=C(\C=C/C)C(CN)c1ccccc1.C=CC. The van der Waals surface area contributed by atoms with Gasteiger partial charge in [0, 0.05) is 12.5 Å². The summed E-state index contributed by atoms with van der Waals surface area (Å²) in [6, 6.07) is 10.3. The van der Waals surface area contributed by atoms with Gasteiger partial charge >= 0.3 is 0 Å². The minimum absolute atomic E-state index is 0.246. The number of hydrogen-bond acceptors (Lipinski definition) is 1. The highest BCUT2D eigenvalue weighted by atomic mass is 14.5. The maximum atomic E-state index is 5.86. The summed E-state index contributed by atoms with van der Waals surface area (Å²) in [4.78, 5) is 0. The van der Waals surface area contributed by atoms with E-state index in [1.54, 1.807) is 12.2 Å². The lowest BCUT2D eigenvalue weighted by atomic mass is 9.90. The van der Waals surface area contributed by atoms with Crippen molar-refractivity contribution in [1.29, 1.82) is 0 Å². The molecule has 0 bridgehead atoms. The number of hydrogen-bond donors (Lipinski definition) is 1. The molecule has 1 aromatic rings. The van der Waals surface area contributed by atoms with E-state index in [1.165, 1.54) is 11.1 Å². The third-order valence-electron chi connectivity index (χ3n) is 2.51. The summed E-state index contributed by atoms with van der Waals surface area (Å²) in [5.41, 5.74) is 8.30. The molecule has 1 unspecified atom stereocenters. The molecule has 0 aliphatic heterocycles. The van der Waals surface area contributed by atoms with Gasteiger partial charge in [0.05, 0.1) is 0 Å². The summed E-state index contributed by atoms with van der Waals surface area (Å²) in [6.45, 7) is 11.6. The van der Waals surface area contributed by atoms with Crippen LogP contribution in [-0.2, 0) is 0 Å². The van der Waals surface area contributed by atoms with E-state index in [0.717, 1.165) is 0 Å². The first-order chi connectivity index (χ1) is 9.24. The van der Waals surface area contributed by atoms with Crippen LogP contribution in [0.2, 0.25) is 0 Å². The second-order valence-corrected chi connectivity index (χ2v) is 4.01. The highest BCUT2D eigenvalue weighted by Gasteiger charge is 2.11. The van der Waals surface area contributed by atoms with E-state index in [4.69, 9.17) is 5.73 Å². The molecule has 1 rings (SSSR count). The molecular formula is C18H25N. The van der Waals surface area contributed by atoms with Crippen molar-refractivity contribution in [1.82, 2.24) is 0 Å². The molecule has 0 saturated carbocycles. The van der Waals surface area contributed by atoms with Crippen LogP contribution in [0.1, 0.15) is 25.3 Å². The van der Waals surface area contributed by atoms with Crippen LogP contribution in [0.5, 0.6) is 0 Å². The molecule has 0 aliphatic carbocycles. The van der Waals surface area contributed by atoms with Crippen molar-refractivity contribution < 1.29 is 0 Å². The van der Waals surface area contributed by atoms with Gasteiger partial charge in [-0.1, -0.05) is 67.3 Å². The largest absolute Gasteiger partial charge is 0.330 e. The molecule has 102 valence electrons. The van der Waals surface area contributed by atoms with Gasteiger partial charge in [-0.3, -0.25) is 0 Å². The molecule has 0 spiro atoms. The fraction of sp³-hybridized carbons (Fsp3) is 0.222. The predicted molar refractivity (Wildman–Crippen MR) is 87.2 cm³/mol. The predicted octanol–water partition coefficient (Wildman–Crippen LogP) is 4.61. The van der Waals surface area contributed by atoms with E-state index < -0.39 is 0 Å². The fourth-order valence-electron chi connectivity index (χ4n) is 1.77. The van der Waals surface area contributed by atoms with E-state index in [9.17, 15) is 0 Å². The summed E-state index contributed by atoms with van der Waals surface area (Å²) < 4.78 is 0. The van der Waals surface area contributed by atoms with Crippen molar-refractivity contribution in [2.45, 2.75) is 19.8 Å². The minimum Gasteiger partial charge on any atom is -0.330 e. The Labute approximate surface area is 117 Å². The summed E-state index contributed by atoms with van der Waals surface area (Å²) in [5, 5.41) is 0. The van der Waals surface area contributed by atoms with Crippen molar-refractivity contribution in [2.75, 3.05) is 6.54 Å². The molecular weight excluding hydrogens is 230 g/mol. The molecule has 0 aliphatic rings. The lowest BCUT2D eigenvalue weighted by molar-refractivity contribution is 0.818. The highest BCUT2D eigenvalue weighted by molar-refractivity contribution is 5.37. The molecule has 19 heavy (non-hydrogen) atoms. The first-order valence-corrected chi connectivity index (χ1v) is 6.52. The van der Waals surface area contributed by atoms with Crippen LogP contribution >= 0.6 is 0 Å². The lowest BCUT2D eigenvalue weighted by Gasteiger charge is -2.16. The Bertz CT molecular complexity index is 413. The van der Waals surface area contributed by atoms with Crippen LogP contribution in [0.4, 0.5) is 0 Å². The molecule has 0 heterocycles. The van der Waals surface area contributed by atoms with Gasteiger partial charge in [0.2, 0.25) is 0 Å². The van der Waals surface area contributed by atoms with Crippen molar-refractivity contribution in [3.8, 4) is 0 Å². The van der Waals surface area contributed by atoms with Crippen molar-refractivity contribution in [2.24, 2.45) is 5.73 Å². The van der Waals surface area contributed by atoms with Crippen molar-refractivity contribution in [3.63, 3.8) is 0 Å². The Kier molecular flexibility index (Phi) is 10.1. The number of rotatable bonds is 5. The van der Waals surface area contributed by atoms with Gasteiger partial charge in [-0.15, -0.1) is 6.58 Å².